The topological polar surface area (TPSA) is 85.8 Å². The normalized spacial score (nSPS) is 10.6. The minimum absolute atomic E-state index is 0.201. The highest BCUT2D eigenvalue weighted by Crippen LogP contribution is 2.26. The van der Waals surface area contributed by atoms with Crippen LogP contribution in [0.1, 0.15) is 16.2 Å². The monoisotopic (exact) mass is 317 g/mol. The molecule has 0 aliphatic carbocycles. The Morgan fingerprint density at radius 1 is 1.41 bits per heavy atom. The van der Waals surface area contributed by atoms with E-state index >= 15 is 0 Å². The second kappa shape index (κ2) is 5.98. The van der Waals surface area contributed by atoms with E-state index in [1.54, 1.807) is 19.2 Å². The molecule has 22 heavy (non-hydrogen) atoms. The number of carbonyl (C=O) groups excluding carboxylic acids is 1. The molecule has 7 nitrogen and oxygen atoms in total. The lowest BCUT2D eigenvalue weighted by molar-refractivity contribution is 0.0942. The zero-order chi connectivity index (χ0) is 15.5. The Morgan fingerprint density at radius 3 is 2.95 bits per heavy atom. The summed E-state index contributed by atoms with van der Waals surface area (Å²) >= 11 is 6.11. The zero-order valence-corrected chi connectivity index (χ0v) is 12.4. The quantitative estimate of drug-likeness (QED) is 0.796. The van der Waals surface area contributed by atoms with Crippen LogP contribution in [0.5, 0.6) is 0 Å². The van der Waals surface area contributed by atoms with Crippen molar-refractivity contribution < 1.29 is 9.32 Å². The molecule has 0 atom stereocenters. The van der Waals surface area contributed by atoms with Gasteiger partial charge in [-0.05, 0) is 6.07 Å². The molecule has 3 rings (SSSR count). The first-order valence-corrected chi connectivity index (χ1v) is 6.86. The number of hydrogen-bond donors (Lipinski definition) is 1. The lowest BCUT2D eigenvalue weighted by atomic mass is 10.1. The molecule has 2 heterocycles. The molecule has 0 bridgehead atoms. The predicted octanol–water partition coefficient (Wildman–Crippen LogP) is 2.05. The van der Waals surface area contributed by atoms with Crippen LogP contribution in [0, 0.1) is 0 Å². The van der Waals surface area contributed by atoms with Gasteiger partial charge in [-0.1, -0.05) is 40.2 Å². The molecule has 0 aliphatic rings. The number of halogens is 1. The number of aromatic nitrogens is 4. The van der Waals surface area contributed by atoms with Crippen molar-refractivity contribution in [2.45, 2.75) is 6.54 Å². The summed E-state index contributed by atoms with van der Waals surface area (Å²) < 4.78 is 6.66. The van der Waals surface area contributed by atoms with E-state index in [1.165, 1.54) is 10.9 Å². The minimum atomic E-state index is -0.330. The maximum absolute atomic E-state index is 11.9. The van der Waals surface area contributed by atoms with E-state index in [0.29, 0.717) is 16.5 Å². The molecule has 0 saturated carbocycles. The number of rotatable bonds is 4. The second-order valence-corrected chi connectivity index (χ2v) is 5.03. The molecule has 0 saturated heterocycles. The largest absolute Gasteiger partial charge is 0.359 e. The van der Waals surface area contributed by atoms with E-state index in [9.17, 15) is 4.79 Å². The SMILES string of the molecule is Cn1cc(C(=O)NCc2cc(-c3ccccc3Cl)no2)nn1. The Bertz CT molecular complexity index is 811. The van der Waals surface area contributed by atoms with Crippen LogP contribution in [0.25, 0.3) is 11.3 Å². The standard InChI is InChI=1S/C14H12ClN5O2/c1-20-8-13(17-19-20)14(21)16-7-9-6-12(18-22-9)10-4-2-3-5-11(10)15/h2-6,8H,7H2,1H3,(H,16,21). The van der Waals surface area contributed by atoms with Crippen LogP contribution in [0.15, 0.2) is 41.1 Å². The van der Waals surface area contributed by atoms with Crippen molar-refractivity contribution in [3.05, 3.63) is 53.0 Å². The Kier molecular flexibility index (Phi) is 3.88. The highest BCUT2D eigenvalue weighted by Gasteiger charge is 2.13. The molecule has 8 heteroatoms. The van der Waals surface area contributed by atoms with E-state index in [0.717, 1.165) is 5.56 Å². The van der Waals surface area contributed by atoms with Gasteiger partial charge < -0.3 is 9.84 Å². The first kappa shape index (κ1) is 14.3. The van der Waals surface area contributed by atoms with E-state index in [2.05, 4.69) is 20.8 Å². The minimum Gasteiger partial charge on any atom is -0.359 e. The Morgan fingerprint density at radius 2 is 2.23 bits per heavy atom. The van der Waals surface area contributed by atoms with Gasteiger partial charge in [0.1, 0.15) is 5.69 Å². The predicted molar refractivity (Wildman–Crippen MR) is 79.1 cm³/mol. The first-order valence-electron chi connectivity index (χ1n) is 6.48. The molecule has 0 radical (unpaired) electrons. The summed E-state index contributed by atoms with van der Waals surface area (Å²) in [6, 6.07) is 9.07. The first-order chi connectivity index (χ1) is 10.6. The maximum Gasteiger partial charge on any atom is 0.273 e. The molecule has 2 aromatic heterocycles. The zero-order valence-electron chi connectivity index (χ0n) is 11.7. The van der Waals surface area contributed by atoms with Gasteiger partial charge in [0, 0.05) is 18.7 Å². The van der Waals surface area contributed by atoms with Gasteiger partial charge in [-0.15, -0.1) is 5.10 Å². The van der Waals surface area contributed by atoms with Gasteiger partial charge in [-0.3, -0.25) is 9.48 Å². The lowest BCUT2D eigenvalue weighted by Crippen LogP contribution is -2.22. The van der Waals surface area contributed by atoms with Crippen molar-refractivity contribution in [2.24, 2.45) is 7.05 Å². The number of nitrogens with one attached hydrogen (secondary N) is 1. The van der Waals surface area contributed by atoms with Gasteiger partial charge in [0.2, 0.25) is 0 Å². The summed E-state index contributed by atoms with van der Waals surface area (Å²) in [5.74, 6) is 0.191. The van der Waals surface area contributed by atoms with E-state index < -0.39 is 0 Å². The van der Waals surface area contributed by atoms with Gasteiger partial charge >= 0.3 is 0 Å². The van der Waals surface area contributed by atoms with E-state index in [-0.39, 0.29) is 18.1 Å². The summed E-state index contributed by atoms with van der Waals surface area (Å²) in [5, 5.41) is 14.7. The van der Waals surface area contributed by atoms with Crippen molar-refractivity contribution in [3.63, 3.8) is 0 Å². The highest BCUT2D eigenvalue weighted by atomic mass is 35.5. The molecule has 1 amide bonds. The smallest absolute Gasteiger partial charge is 0.273 e. The molecule has 0 fully saturated rings. The third-order valence-electron chi connectivity index (χ3n) is 2.97. The summed E-state index contributed by atoms with van der Waals surface area (Å²) in [7, 11) is 1.69. The fourth-order valence-corrected chi connectivity index (χ4v) is 2.13. The van der Waals surface area contributed by atoms with Gasteiger partial charge in [0.25, 0.3) is 5.91 Å². The Labute approximate surface area is 130 Å². The van der Waals surface area contributed by atoms with Gasteiger partial charge in [0.05, 0.1) is 17.8 Å². The van der Waals surface area contributed by atoms with Crippen LogP contribution in [0.3, 0.4) is 0 Å². The van der Waals surface area contributed by atoms with Gasteiger partial charge in [0.15, 0.2) is 11.5 Å². The average molecular weight is 318 g/mol. The van der Waals surface area contributed by atoms with E-state index in [1.807, 2.05) is 18.2 Å². The number of nitrogens with zero attached hydrogens (tertiary/aromatic N) is 4. The number of hydrogen-bond acceptors (Lipinski definition) is 5. The van der Waals surface area contributed by atoms with Gasteiger partial charge in [-0.2, -0.15) is 0 Å². The van der Waals surface area contributed by atoms with Crippen LogP contribution in [0.2, 0.25) is 5.02 Å². The fraction of sp³-hybridized carbons (Fsp3) is 0.143. The summed E-state index contributed by atoms with van der Waals surface area (Å²) in [6.45, 7) is 0.201. The number of amides is 1. The molecule has 112 valence electrons. The fourth-order valence-electron chi connectivity index (χ4n) is 1.90. The highest BCUT2D eigenvalue weighted by molar-refractivity contribution is 6.33. The molecule has 1 aromatic carbocycles. The molecule has 0 unspecified atom stereocenters. The number of carbonyl (C=O) groups is 1. The lowest BCUT2D eigenvalue weighted by Gasteiger charge is -1.98. The van der Waals surface area contributed by atoms with Crippen molar-refractivity contribution in [1.29, 1.82) is 0 Å². The Hall–Kier alpha value is -2.67. The third kappa shape index (κ3) is 2.99. The molecule has 3 aromatic rings. The molecular formula is C14H12ClN5O2. The summed E-state index contributed by atoms with van der Waals surface area (Å²) in [5.41, 5.74) is 1.64. The molecule has 1 N–H and O–H groups in total. The van der Waals surface area contributed by atoms with Crippen LogP contribution in [0.4, 0.5) is 0 Å². The molecular weight excluding hydrogens is 306 g/mol. The number of aryl methyl sites for hydroxylation is 1. The van der Waals surface area contributed by atoms with Crippen LogP contribution < -0.4 is 5.32 Å². The van der Waals surface area contributed by atoms with Gasteiger partial charge in [-0.25, -0.2) is 0 Å². The maximum atomic E-state index is 11.9. The van der Waals surface area contributed by atoms with Crippen molar-refractivity contribution in [2.75, 3.05) is 0 Å². The average Bonchev–Trinajstić information content (AvgIpc) is 3.14. The van der Waals surface area contributed by atoms with Crippen LogP contribution in [-0.2, 0) is 13.6 Å². The van der Waals surface area contributed by atoms with Crippen LogP contribution in [-0.4, -0.2) is 26.1 Å². The van der Waals surface area contributed by atoms with E-state index in [4.69, 9.17) is 16.1 Å². The summed E-state index contributed by atoms with van der Waals surface area (Å²) in [4.78, 5) is 11.9. The summed E-state index contributed by atoms with van der Waals surface area (Å²) in [6.07, 6.45) is 1.53. The third-order valence-corrected chi connectivity index (χ3v) is 3.30. The van der Waals surface area contributed by atoms with Crippen LogP contribution >= 0.6 is 11.6 Å². The molecule has 0 aliphatic heterocycles. The van der Waals surface area contributed by atoms with Crippen molar-refractivity contribution >= 4 is 17.5 Å². The van der Waals surface area contributed by atoms with Crippen molar-refractivity contribution in [1.82, 2.24) is 25.5 Å². The van der Waals surface area contributed by atoms with Crippen molar-refractivity contribution in [3.8, 4) is 11.3 Å². The number of benzene rings is 1. The Balaban J connectivity index is 1.67. The molecule has 0 spiro atoms. The second-order valence-electron chi connectivity index (χ2n) is 4.62.